The zero-order valence-electron chi connectivity index (χ0n) is 19.8. The van der Waals surface area contributed by atoms with Gasteiger partial charge in [-0.3, -0.25) is 14.4 Å². The molecular formula is C25H30N2O7. The largest absolute Gasteiger partial charge is 0.493 e. The highest BCUT2D eigenvalue weighted by atomic mass is 16.5. The Morgan fingerprint density at radius 2 is 1.82 bits per heavy atom. The van der Waals surface area contributed by atoms with Gasteiger partial charge in [-0.1, -0.05) is 6.07 Å². The average Bonchev–Trinajstić information content (AvgIpc) is 3.04. The molecule has 1 unspecified atom stereocenters. The van der Waals surface area contributed by atoms with E-state index in [1.165, 1.54) is 20.1 Å². The van der Waals surface area contributed by atoms with Crippen molar-refractivity contribution in [1.29, 1.82) is 0 Å². The molecule has 0 spiro atoms. The number of rotatable bonds is 9. The third-order valence-electron chi connectivity index (χ3n) is 5.80. The zero-order valence-corrected chi connectivity index (χ0v) is 19.8. The highest BCUT2D eigenvalue weighted by Crippen LogP contribution is 2.50. The van der Waals surface area contributed by atoms with Crippen LogP contribution in [0.1, 0.15) is 43.4 Å². The molecule has 9 heteroatoms. The quantitative estimate of drug-likeness (QED) is 0.478. The van der Waals surface area contributed by atoms with Crippen molar-refractivity contribution in [1.82, 2.24) is 5.32 Å². The summed E-state index contributed by atoms with van der Waals surface area (Å²) in [7, 11) is 4.63. The number of ether oxygens (including phenoxy) is 3. The van der Waals surface area contributed by atoms with Gasteiger partial charge in [0.2, 0.25) is 17.1 Å². The van der Waals surface area contributed by atoms with Crippen LogP contribution in [0, 0.1) is 0 Å². The molecule has 3 rings (SSSR count). The lowest BCUT2D eigenvalue weighted by Crippen LogP contribution is -2.26. The standard InChI is InChI=1S/C25H30N2O7/c1-14(28)27-18-9-7-15-12-21(32-2)24(33-3)25(34-4)23(15)16-8-10-19(20(29)13-17(16)18)26-11-5-6-22(30)31/h8,10,12-13,18H,5-7,9,11H2,1-4H3,(H,26,29)(H,27,28)(H,30,31). The van der Waals surface area contributed by atoms with Gasteiger partial charge in [0.05, 0.1) is 33.1 Å². The first-order valence-electron chi connectivity index (χ1n) is 11.0. The molecule has 1 atom stereocenters. The Kier molecular flexibility index (Phi) is 7.99. The number of benzene rings is 1. The van der Waals surface area contributed by atoms with E-state index in [-0.39, 0.29) is 23.8 Å². The minimum absolute atomic E-state index is 0.00740. The summed E-state index contributed by atoms with van der Waals surface area (Å²) >= 11 is 0. The van der Waals surface area contributed by atoms with Crippen molar-refractivity contribution in [2.45, 2.75) is 38.6 Å². The van der Waals surface area contributed by atoms with E-state index in [0.717, 1.165) is 16.7 Å². The Morgan fingerprint density at radius 3 is 2.44 bits per heavy atom. The summed E-state index contributed by atoms with van der Waals surface area (Å²) in [4.78, 5) is 35.8. The van der Waals surface area contributed by atoms with Gasteiger partial charge in [-0.15, -0.1) is 0 Å². The highest BCUT2D eigenvalue weighted by molar-refractivity contribution is 5.83. The maximum Gasteiger partial charge on any atom is 0.303 e. The van der Waals surface area contributed by atoms with Crippen molar-refractivity contribution in [2.24, 2.45) is 0 Å². The summed E-state index contributed by atoms with van der Waals surface area (Å²) in [5.41, 5.74) is 3.22. The van der Waals surface area contributed by atoms with Crippen molar-refractivity contribution in [3.63, 3.8) is 0 Å². The van der Waals surface area contributed by atoms with Crippen LogP contribution in [0.15, 0.2) is 29.1 Å². The van der Waals surface area contributed by atoms with E-state index in [4.69, 9.17) is 19.3 Å². The fraction of sp³-hybridized carbons (Fsp3) is 0.400. The summed E-state index contributed by atoms with van der Waals surface area (Å²) in [6.45, 7) is 1.79. The number of amides is 1. The Hall–Kier alpha value is -3.75. The Balaban J connectivity index is 2.22. The molecule has 34 heavy (non-hydrogen) atoms. The van der Waals surface area contributed by atoms with Crippen LogP contribution in [0.25, 0.3) is 11.1 Å². The van der Waals surface area contributed by atoms with Crippen LogP contribution in [0.5, 0.6) is 17.2 Å². The van der Waals surface area contributed by atoms with Gasteiger partial charge in [-0.05, 0) is 54.2 Å². The number of carbonyl (C=O) groups is 2. The Morgan fingerprint density at radius 1 is 1.09 bits per heavy atom. The number of aryl methyl sites for hydroxylation is 1. The van der Waals surface area contributed by atoms with Crippen molar-refractivity contribution in [2.75, 3.05) is 33.2 Å². The van der Waals surface area contributed by atoms with Gasteiger partial charge >= 0.3 is 5.97 Å². The predicted molar refractivity (Wildman–Crippen MR) is 128 cm³/mol. The number of anilines is 1. The van der Waals surface area contributed by atoms with Crippen molar-refractivity contribution in [3.8, 4) is 28.4 Å². The van der Waals surface area contributed by atoms with Crippen LogP contribution in [0.2, 0.25) is 0 Å². The Bertz CT molecular complexity index is 1150. The molecule has 1 aliphatic rings. The second-order valence-electron chi connectivity index (χ2n) is 8.02. The smallest absolute Gasteiger partial charge is 0.303 e. The van der Waals surface area contributed by atoms with E-state index in [1.54, 1.807) is 20.3 Å². The van der Waals surface area contributed by atoms with E-state index in [9.17, 15) is 14.4 Å². The number of fused-ring (bicyclic) bond motifs is 3. The third-order valence-corrected chi connectivity index (χ3v) is 5.80. The first kappa shape index (κ1) is 24.9. The lowest BCUT2D eigenvalue weighted by Gasteiger charge is -2.19. The monoisotopic (exact) mass is 470 g/mol. The maximum absolute atomic E-state index is 13.1. The van der Waals surface area contributed by atoms with Crippen LogP contribution < -0.4 is 30.3 Å². The molecular weight excluding hydrogens is 440 g/mol. The second-order valence-corrected chi connectivity index (χ2v) is 8.02. The number of hydrogen-bond acceptors (Lipinski definition) is 7. The van der Waals surface area contributed by atoms with Gasteiger partial charge in [-0.25, -0.2) is 0 Å². The van der Waals surface area contributed by atoms with Gasteiger partial charge in [0.15, 0.2) is 11.5 Å². The summed E-state index contributed by atoms with van der Waals surface area (Å²) in [5.74, 6) is 0.365. The van der Waals surface area contributed by atoms with Crippen molar-refractivity contribution < 1.29 is 28.9 Å². The molecule has 3 N–H and O–H groups in total. The number of carbonyl (C=O) groups excluding carboxylic acids is 1. The third kappa shape index (κ3) is 5.24. The first-order chi connectivity index (χ1) is 16.3. The lowest BCUT2D eigenvalue weighted by molar-refractivity contribution is -0.137. The van der Waals surface area contributed by atoms with E-state index >= 15 is 0 Å². The lowest BCUT2D eigenvalue weighted by atomic mass is 9.95. The SMILES string of the molecule is COc1cc2c(c(OC)c1OC)-c1ccc(NCCCC(=O)O)c(=O)cc1C(NC(C)=O)CC2. The summed E-state index contributed by atoms with van der Waals surface area (Å²) < 4.78 is 16.9. The summed E-state index contributed by atoms with van der Waals surface area (Å²) in [5, 5.41) is 14.8. The van der Waals surface area contributed by atoms with E-state index in [1.807, 2.05) is 12.1 Å². The van der Waals surface area contributed by atoms with Crippen molar-refractivity contribution >= 4 is 17.6 Å². The highest BCUT2D eigenvalue weighted by Gasteiger charge is 2.29. The molecule has 9 nitrogen and oxygen atoms in total. The van der Waals surface area contributed by atoms with Gasteiger partial charge in [-0.2, -0.15) is 0 Å². The fourth-order valence-corrected chi connectivity index (χ4v) is 4.32. The molecule has 0 fully saturated rings. The number of methoxy groups -OCH3 is 3. The van der Waals surface area contributed by atoms with Crippen LogP contribution in [0.3, 0.4) is 0 Å². The van der Waals surface area contributed by atoms with Crippen molar-refractivity contribution in [3.05, 3.63) is 45.6 Å². The second kappa shape index (κ2) is 10.9. The molecule has 2 aromatic rings. The predicted octanol–water partition coefficient (Wildman–Crippen LogP) is 3.14. The van der Waals surface area contributed by atoms with Gasteiger partial charge in [0.1, 0.15) is 0 Å². The first-order valence-corrected chi connectivity index (χ1v) is 11.0. The molecule has 182 valence electrons. The molecule has 0 heterocycles. The molecule has 0 saturated heterocycles. The minimum Gasteiger partial charge on any atom is -0.493 e. The van der Waals surface area contributed by atoms with Crippen LogP contribution in [-0.4, -0.2) is 44.9 Å². The average molecular weight is 471 g/mol. The van der Waals surface area contributed by atoms with E-state index in [2.05, 4.69) is 10.6 Å². The van der Waals surface area contributed by atoms with Crippen LogP contribution in [0.4, 0.5) is 5.69 Å². The van der Waals surface area contributed by atoms with Crippen LogP contribution in [-0.2, 0) is 16.0 Å². The number of hydrogen-bond donors (Lipinski definition) is 3. The zero-order chi connectivity index (χ0) is 24.8. The minimum atomic E-state index is -0.888. The summed E-state index contributed by atoms with van der Waals surface area (Å²) in [6.07, 6.45) is 1.58. The fourth-order valence-electron chi connectivity index (χ4n) is 4.32. The van der Waals surface area contributed by atoms with Gasteiger partial charge in [0, 0.05) is 25.5 Å². The maximum atomic E-state index is 13.1. The molecule has 1 aliphatic carbocycles. The molecule has 0 bridgehead atoms. The van der Waals surface area contributed by atoms with Crippen LogP contribution >= 0.6 is 0 Å². The number of carboxylic acids is 1. The van der Waals surface area contributed by atoms with Gasteiger partial charge < -0.3 is 30.0 Å². The molecule has 2 aromatic carbocycles. The number of carboxylic acid groups (broad SMARTS) is 1. The molecule has 0 aromatic heterocycles. The molecule has 1 amide bonds. The molecule has 0 aliphatic heterocycles. The number of nitrogens with one attached hydrogen (secondary N) is 2. The molecule has 0 saturated carbocycles. The normalized spacial score (nSPS) is 14.2. The summed E-state index contributed by atoms with van der Waals surface area (Å²) in [6, 6.07) is 6.54. The van der Waals surface area contributed by atoms with E-state index < -0.39 is 5.97 Å². The molecule has 0 radical (unpaired) electrons. The number of aliphatic carboxylic acids is 1. The topological polar surface area (TPSA) is 123 Å². The Labute approximate surface area is 198 Å². The van der Waals surface area contributed by atoms with E-state index in [0.29, 0.717) is 54.3 Å². The van der Waals surface area contributed by atoms with Gasteiger partial charge in [0.25, 0.3) is 0 Å².